The second kappa shape index (κ2) is 12.4. The Kier molecular flexibility index (Phi) is 9.95. The summed E-state index contributed by atoms with van der Waals surface area (Å²) in [6.45, 7) is 9.12. The topological polar surface area (TPSA) is 49.4 Å². The number of rotatable bonds is 11. The molecule has 4 nitrogen and oxygen atoms in total. The van der Waals surface area contributed by atoms with E-state index in [0.29, 0.717) is 18.8 Å². The maximum absolute atomic E-state index is 13.1. The zero-order chi connectivity index (χ0) is 21.9. The molecule has 2 rings (SSSR count). The minimum Gasteiger partial charge on any atom is -0.354 e. The predicted octanol–water partition coefficient (Wildman–Crippen LogP) is 4.87. The molecular weight excluding hydrogens is 392 g/mol. The summed E-state index contributed by atoms with van der Waals surface area (Å²) in [4.78, 5) is 27.4. The van der Waals surface area contributed by atoms with Crippen LogP contribution in [0.3, 0.4) is 0 Å². The van der Waals surface area contributed by atoms with Crippen LogP contribution in [0.1, 0.15) is 48.9 Å². The van der Waals surface area contributed by atoms with Crippen LogP contribution in [0.4, 0.5) is 0 Å². The first-order valence-electron chi connectivity index (χ1n) is 10.7. The van der Waals surface area contributed by atoms with Crippen molar-refractivity contribution in [1.29, 1.82) is 0 Å². The van der Waals surface area contributed by atoms with E-state index in [2.05, 4.69) is 31.3 Å². The number of nitrogens with zero attached hydrogens (tertiary/aromatic N) is 1. The quantitative estimate of drug-likeness (QED) is 0.522. The summed E-state index contributed by atoms with van der Waals surface area (Å²) >= 11 is 1.60. The Hall–Kier alpha value is -2.27. The van der Waals surface area contributed by atoms with Crippen LogP contribution in [-0.4, -0.2) is 35.1 Å². The predicted molar refractivity (Wildman–Crippen MR) is 126 cm³/mol. The smallest absolute Gasteiger partial charge is 0.242 e. The third-order valence-electron chi connectivity index (χ3n) is 5.21. The Morgan fingerprint density at radius 2 is 1.77 bits per heavy atom. The fourth-order valence-electron chi connectivity index (χ4n) is 3.11. The summed E-state index contributed by atoms with van der Waals surface area (Å²) < 4.78 is 0. The average molecular weight is 427 g/mol. The number of unbranched alkanes of at least 4 members (excludes halogenated alkanes) is 1. The van der Waals surface area contributed by atoms with Gasteiger partial charge in [-0.3, -0.25) is 9.59 Å². The van der Waals surface area contributed by atoms with E-state index in [1.165, 1.54) is 16.7 Å². The number of nitrogens with one attached hydrogen (secondary N) is 1. The molecule has 5 heteroatoms. The molecule has 2 aromatic rings. The van der Waals surface area contributed by atoms with E-state index in [4.69, 9.17) is 0 Å². The van der Waals surface area contributed by atoms with Crippen LogP contribution in [-0.2, 0) is 21.9 Å². The Morgan fingerprint density at radius 1 is 1.07 bits per heavy atom. The van der Waals surface area contributed by atoms with Gasteiger partial charge in [-0.25, -0.2) is 0 Å². The van der Waals surface area contributed by atoms with Crippen LogP contribution in [0.2, 0.25) is 0 Å². The molecule has 2 amide bonds. The normalized spacial score (nSPS) is 11.7. The summed E-state index contributed by atoms with van der Waals surface area (Å²) in [6.07, 6.45) is 1.97. The molecule has 1 N–H and O–H groups in total. The van der Waals surface area contributed by atoms with Crippen molar-refractivity contribution in [2.45, 2.75) is 58.9 Å². The summed E-state index contributed by atoms with van der Waals surface area (Å²) in [5.74, 6) is 1.04. The molecule has 0 aliphatic heterocycles. The van der Waals surface area contributed by atoms with Gasteiger partial charge in [0.15, 0.2) is 0 Å². The zero-order valence-electron chi connectivity index (χ0n) is 18.6. The van der Waals surface area contributed by atoms with Gasteiger partial charge in [0, 0.05) is 18.8 Å². The molecule has 0 saturated carbocycles. The highest BCUT2D eigenvalue weighted by Crippen LogP contribution is 2.18. The minimum atomic E-state index is -0.505. The molecule has 0 heterocycles. The van der Waals surface area contributed by atoms with Crippen LogP contribution in [0.25, 0.3) is 0 Å². The second-order valence-electron chi connectivity index (χ2n) is 7.75. The molecule has 30 heavy (non-hydrogen) atoms. The van der Waals surface area contributed by atoms with Crippen LogP contribution >= 0.6 is 11.8 Å². The van der Waals surface area contributed by atoms with Crippen molar-refractivity contribution in [3.05, 3.63) is 70.8 Å². The Balaban J connectivity index is 2.04. The van der Waals surface area contributed by atoms with Crippen molar-refractivity contribution in [3.8, 4) is 0 Å². The van der Waals surface area contributed by atoms with Crippen molar-refractivity contribution < 1.29 is 9.59 Å². The van der Waals surface area contributed by atoms with Gasteiger partial charge in [0.25, 0.3) is 0 Å². The maximum Gasteiger partial charge on any atom is 0.242 e. The van der Waals surface area contributed by atoms with Crippen LogP contribution in [0.15, 0.2) is 48.5 Å². The summed E-state index contributed by atoms with van der Waals surface area (Å²) in [6, 6.07) is 15.9. The van der Waals surface area contributed by atoms with Crippen molar-refractivity contribution >= 4 is 23.6 Å². The number of carbonyl (C=O) groups is 2. The van der Waals surface area contributed by atoms with Gasteiger partial charge in [-0.1, -0.05) is 67.4 Å². The van der Waals surface area contributed by atoms with Gasteiger partial charge in [-0.05, 0) is 43.9 Å². The standard InChI is InChI=1S/C25H34N2O2S/c1-5-6-15-26-25(29)21(4)27(16-22-13-11-19(2)12-14-22)24(28)18-30-17-23-10-8-7-9-20(23)3/h7-14,21H,5-6,15-18H2,1-4H3,(H,26,29). The maximum atomic E-state index is 13.1. The lowest BCUT2D eigenvalue weighted by molar-refractivity contribution is -0.138. The molecule has 0 aliphatic carbocycles. The largest absolute Gasteiger partial charge is 0.354 e. The number of hydrogen-bond acceptors (Lipinski definition) is 3. The summed E-state index contributed by atoms with van der Waals surface area (Å²) in [5, 5.41) is 2.96. The fourth-order valence-corrected chi connectivity index (χ4v) is 4.10. The monoisotopic (exact) mass is 426 g/mol. The number of benzene rings is 2. The van der Waals surface area contributed by atoms with Gasteiger partial charge in [-0.2, -0.15) is 0 Å². The molecule has 1 unspecified atom stereocenters. The molecule has 1 atom stereocenters. The van der Waals surface area contributed by atoms with Gasteiger partial charge in [0.05, 0.1) is 5.75 Å². The lowest BCUT2D eigenvalue weighted by Gasteiger charge is -2.29. The van der Waals surface area contributed by atoms with Crippen molar-refractivity contribution in [1.82, 2.24) is 10.2 Å². The van der Waals surface area contributed by atoms with Gasteiger partial charge in [-0.15, -0.1) is 11.8 Å². The summed E-state index contributed by atoms with van der Waals surface area (Å²) in [5.41, 5.74) is 4.69. The molecular formula is C25H34N2O2S. The van der Waals surface area contributed by atoms with Gasteiger partial charge < -0.3 is 10.2 Å². The van der Waals surface area contributed by atoms with Crippen molar-refractivity contribution in [3.63, 3.8) is 0 Å². The van der Waals surface area contributed by atoms with Crippen molar-refractivity contribution in [2.75, 3.05) is 12.3 Å². The van der Waals surface area contributed by atoms with E-state index >= 15 is 0 Å². The first-order valence-corrected chi connectivity index (χ1v) is 11.8. The number of carbonyl (C=O) groups excluding carboxylic acids is 2. The Bertz CT molecular complexity index is 820. The lowest BCUT2D eigenvalue weighted by atomic mass is 10.1. The van der Waals surface area contributed by atoms with Crippen LogP contribution in [0, 0.1) is 13.8 Å². The minimum absolute atomic E-state index is 0.00713. The van der Waals surface area contributed by atoms with Gasteiger partial charge >= 0.3 is 0 Å². The number of amides is 2. The Morgan fingerprint density at radius 3 is 2.43 bits per heavy atom. The highest BCUT2D eigenvalue weighted by Gasteiger charge is 2.25. The fraction of sp³-hybridized carbons (Fsp3) is 0.440. The summed E-state index contributed by atoms with van der Waals surface area (Å²) in [7, 11) is 0. The molecule has 162 valence electrons. The molecule has 0 spiro atoms. The molecule has 0 fully saturated rings. The van der Waals surface area contributed by atoms with E-state index in [0.717, 1.165) is 24.2 Å². The molecule has 0 aliphatic rings. The molecule has 0 saturated heterocycles. The van der Waals surface area contributed by atoms with Crippen molar-refractivity contribution in [2.24, 2.45) is 0 Å². The number of hydrogen-bond donors (Lipinski definition) is 1. The van der Waals surface area contributed by atoms with Crippen LogP contribution in [0.5, 0.6) is 0 Å². The van der Waals surface area contributed by atoms with Gasteiger partial charge in [0.2, 0.25) is 11.8 Å². The molecule has 0 aromatic heterocycles. The van der Waals surface area contributed by atoms with Crippen LogP contribution < -0.4 is 5.32 Å². The number of thioether (sulfide) groups is 1. The third kappa shape index (κ3) is 7.52. The van der Waals surface area contributed by atoms with E-state index in [9.17, 15) is 9.59 Å². The third-order valence-corrected chi connectivity index (χ3v) is 6.18. The molecule has 0 bridgehead atoms. The lowest BCUT2D eigenvalue weighted by Crippen LogP contribution is -2.48. The SMILES string of the molecule is CCCCNC(=O)C(C)N(Cc1ccc(C)cc1)C(=O)CSCc1ccccc1C. The molecule has 0 radical (unpaired) electrons. The first kappa shape index (κ1) is 24.0. The molecule has 2 aromatic carbocycles. The van der Waals surface area contributed by atoms with Gasteiger partial charge in [0.1, 0.15) is 6.04 Å². The zero-order valence-corrected chi connectivity index (χ0v) is 19.4. The average Bonchev–Trinajstić information content (AvgIpc) is 2.74. The highest BCUT2D eigenvalue weighted by atomic mass is 32.2. The van der Waals surface area contributed by atoms with E-state index in [1.807, 2.05) is 50.2 Å². The Labute approximate surface area is 185 Å². The van der Waals surface area contributed by atoms with E-state index in [1.54, 1.807) is 16.7 Å². The van der Waals surface area contributed by atoms with E-state index in [-0.39, 0.29) is 11.8 Å². The van der Waals surface area contributed by atoms with E-state index < -0.39 is 6.04 Å². The highest BCUT2D eigenvalue weighted by molar-refractivity contribution is 7.99. The number of aryl methyl sites for hydroxylation is 2. The first-order chi connectivity index (χ1) is 14.4. The second-order valence-corrected chi connectivity index (χ2v) is 8.73.